The number of hydrogen-bond donors (Lipinski definition) is 3. The van der Waals surface area contributed by atoms with Crippen LogP contribution in [0.1, 0.15) is 40.5 Å². The molecule has 0 bridgehead atoms. The van der Waals surface area contributed by atoms with Crippen LogP contribution in [0.25, 0.3) is 0 Å². The van der Waals surface area contributed by atoms with Crippen molar-refractivity contribution in [1.29, 1.82) is 0 Å². The number of nitrogens with one attached hydrogen (secondary N) is 2. The minimum absolute atomic E-state index is 0. The van der Waals surface area contributed by atoms with E-state index in [1.54, 1.807) is 11.8 Å². The number of amides is 2. The van der Waals surface area contributed by atoms with E-state index >= 15 is 0 Å². The van der Waals surface area contributed by atoms with Gasteiger partial charge in [-0.15, -0.1) is 24.0 Å². The zero-order valence-electron chi connectivity index (χ0n) is 15.6. The SMILES string of the molecule is CCOC(=O)N1CCC(NC(N)=NCCNC(=O)C(C)(C)C)CC1.I. The molecule has 0 aromatic carbocycles. The molecule has 1 aliphatic heterocycles. The molecule has 0 spiro atoms. The Bertz CT molecular complexity index is 457. The first-order valence-electron chi connectivity index (χ1n) is 8.50. The molecule has 2 amide bonds. The van der Waals surface area contributed by atoms with Crippen LogP contribution in [-0.4, -0.2) is 61.7 Å². The third kappa shape index (κ3) is 9.13. The zero-order valence-corrected chi connectivity index (χ0v) is 18.0. The number of hydrogen-bond acceptors (Lipinski definition) is 4. The molecule has 25 heavy (non-hydrogen) atoms. The lowest BCUT2D eigenvalue weighted by Gasteiger charge is -2.31. The van der Waals surface area contributed by atoms with Crippen molar-refractivity contribution in [3.05, 3.63) is 0 Å². The van der Waals surface area contributed by atoms with Gasteiger partial charge in [0.25, 0.3) is 0 Å². The first-order valence-corrected chi connectivity index (χ1v) is 8.50. The van der Waals surface area contributed by atoms with Gasteiger partial charge in [0.15, 0.2) is 5.96 Å². The van der Waals surface area contributed by atoms with Gasteiger partial charge < -0.3 is 26.0 Å². The van der Waals surface area contributed by atoms with Crippen LogP contribution in [-0.2, 0) is 9.53 Å². The van der Waals surface area contributed by atoms with Crippen LogP contribution in [0.4, 0.5) is 4.79 Å². The second kappa shape index (κ2) is 11.4. The van der Waals surface area contributed by atoms with E-state index in [2.05, 4.69) is 15.6 Å². The Morgan fingerprint density at radius 2 is 1.88 bits per heavy atom. The summed E-state index contributed by atoms with van der Waals surface area (Å²) in [5.41, 5.74) is 5.47. The van der Waals surface area contributed by atoms with E-state index < -0.39 is 5.41 Å². The first-order chi connectivity index (χ1) is 11.2. The second-order valence-corrected chi connectivity index (χ2v) is 6.88. The average Bonchev–Trinajstić information content (AvgIpc) is 2.51. The predicted octanol–water partition coefficient (Wildman–Crippen LogP) is 1.29. The summed E-state index contributed by atoms with van der Waals surface area (Å²) in [5, 5.41) is 5.99. The predicted molar refractivity (Wildman–Crippen MR) is 109 cm³/mol. The molecule has 0 aromatic rings. The van der Waals surface area contributed by atoms with Gasteiger partial charge in [-0.1, -0.05) is 20.8 Å². The Morgan fingerprint density at radius 1 is 1.28 bits per heavy atom. The maximum atomic E-state index is 11.7. The number of likely N-dealkylation sites (tertiary alicyclic amines) is 1. The minimum Gasteiger partial charge on any atom is -0.450 e. The van der Waals surface area contributed by atoms with E-state index in [4.69, 9.17) is 10.5 Å². The fourth-order valence-corrected chi connectivity index (χ4v) is 2.29. The Hall–Kier alpha value is -1.26. The Kier molecular flexibility index (Phi) is 10.8. The summed E-state index contributed by atoms with van der Waals surface area (Å²) in [7, 11) is 0. The highest BCUT2D eigenvalue weighted by molar-refractivity contribution is 14.0. The summed E-state index contributed by atoms with van der Waals surface area (Å²) in [4.78, 5) is 29.3. The fourth-order valence-electron chi connectivity index (χ4n) is 2.29. The molecule has 4 N–H and O–H groups in total. The van der Waals surface area contributed by atoms with Crippen LogP contribution in [0.5, 0.6) is 0 Å². The topological polar surface area (TPSA) is 109 Å². The Morgan fingerprint density at radius 3 is 2.40 bits per heavy atom. The number of nitrogens with two attached hydrogens (primary N) is 1. The highest BCUT2D eigenvalue weighted by Gasteiger charge is 2.23. The number of nitrogens with zero attached hydrogens (tertiary/aromatic N) is 2. The summed E-state index contributed by atoms with van der Waals surface area (Å²) >= 11 is 0. The molecule has 8 nitrogen and oxygen atoms in total. The van der Waals surface area contributed by atoms with Gasteiger partial charge in [-0.2, -0.15) is 0 Å². The average molecular weight is 469 g/mol. The number of aliphatic imine (C=N–C) groups is 1. The Balaban J connectivity index is 0.00000576. The number of carbonyl (C=O) groups excluding carboxylic acids is 2. The standard InChI is InChI=1S/C16H31N5O3.HI/c1-5-24-15(23)21-10-6-12(7-11-21)20-14(17)19-9-8-18-13(22)16(2,3)4;/h12H,5-11H2,1-4H3,(H,18,22)(H3,17,19,20);1H. The summed E-state index contributed by atoms with van der Waals surface area (Å²) in [6.07, 6.45) is 1.35. The molecule has 0 atom stereocenters. The van der Waals surface area contributed by atoms with Crippen molar-refractivity contribution in [2.75, 3.05) is 32.8 Å². The summed E-state index contributed by atoms with van der Waals surface area (Å²) in [6.45, 7) is 9.97. The number of ether oxygens (including phenoxy) is 1. The molecule has 0 aliphatic carbocycles. The van der Waals surface area contributed by atoms with Crippen molar-refractivity contribution < 1.29 is 14.3 Å². The van der Waals surface area contributed by atoms with Gasteiger partial charge in [0.1, 0.15) is 0 Å². The smallest absolute Gasteiger partial charge is 0.409 e. The number of guanidine groups is 1. The lowest BCUT2D eigenvalue weighted by molar-refractivity contribution is -0.128. The van der Waals surface area contributed by atoms with Crippen molar-refractivity contribution in [3.8, 4) is 0 Å². The maximum Gasteiger partial charge on any atom is 0.409 e. The molecular formula is C16H32IN5O3. The molecule has 0 aromatic heterocycles. The molecule has 1 fully saturated rings. The van der Waals surface area contributed by atoms with E-state index in [1.165, 1.54) is 0 Å². The van der Waals surface area contributed by atoms with Gasteiger partial charge >= 0.3 is 6.09 Å². The highest BCUT2D eigenvalue weighted by Crippen LogP contribution is 2.12. The molecule has 1 saturated heterocycles. The number of halogens is 1. The van der Waals surface area contributed by atoms with Crippen molar-refractivity contribution in [2.24, 2.45) is 16.1 Å². The van der Waals surface area contributed by atoms with Crippen molar-refractivity contribution in [3.63, 3.8) is 0 Å². The normalized spacial score (nSPS) is 16.0. The summed E-state index contributed by atoms with van der Waals surface area (Å²) in [6, 6.07) is 0.198. The minimum atomic E-state index is -0.402. The van der Waals surface area contributed by atoms with E-state index in [0.717, 1.165) is 12.8 Å². The van der Waals surface area contributed by atoms with Crippen LogP contribution in [0.2, 0.25) is 0 Å². The molecule has 0 saturated carbocycles. The lowest BCUT2D eigenvalue weighted by atomic mass is 9.96. The van der Waals surface area contributed by atoms with E-state index in [-0.39, 0.29) is 42.0 Å². The highest BCUT2D eigenvalue weighted by atomic mass is 127. The van der Waals surface area contributed by atoms with Crippen LogP contribution >= 0.6 is 24.0 Å². The van der Waals surface area contributed by atoms with Crippen LogP contribution < -0.4 is 16.4 Å². The molecule has 1 heterocycles. The number of rotatable bonds is 5. The number of piperidine rings is 1. The quantitative estimate of drug-likeness (QED) is 0.243. The third-order valence-electron chi connectivity index (χ3n) is 3.73. The fraction of sp³-hybridized carbons (Fsp3) is 0.812. The van der Waals surface area contributed by atoms with Crippen molar-refractivity contribution in [2.45, 2.75) is 46.6 Å². The Labute approximate surface area is 167 Å². The molecule has 1 aliphatic rings. The van der Waals surface area contributed by atoms with Gasteiger partial charge in [0, 0.05) is 31.1 Å². The van der Waals surface area contributed by atoms with Crippen LogP contribution in [0.15, 0.2) is 4.99 Å². The van der Waals surface area contributed by atoms with Gasteiger partial charge in [-0.3, -0.25) is 9.79 Å². The maximum absolute atomic E-state index is 11.7. The van der Waals surface area contributed by atoms with Crippen LogP contribution in [0, 0.1) is 5.41 Å². The molecular weight excluding hydrogens is 437 g/mol. The van der Waals surface area contributed by atoms with Crippen molar-refractivity contribution >= 4 is 41.9 Å². The molecule has 0 radical (unpaired) electrons. The van der Waals surface area contributed by atoms with Gasteiger partial charge in [0.05, 0.1) is 13.2 Å². The van der Waals surface area contributed by atoms with E-state index in [0.29, 0.717) is 38.7 Å². The van der Waals surface area contributed by atoms with Crippen molar-refractivity contribution in [1.82, 2.24) is 15.5 Å². The summed E-state index contributed by atoms with van der Waals surface area (Å²) in [5.74, 6) is 0.366. The van der Waals surface area contributed by atoms with Gasteiger partial charge in [-0.25, -0.2) is 4.79 Å². The molecule has 9 heteroatoms. The zero-order chi connectivity index (χ0) is 18.2. The molecule has 1 rings (SSSR count). The van der Waals surface area contributed by atoms with Crippen LogP contribution in [0.3, 0.4) is 0 Å². The molecule has 146 valence electrons. The largest absolute Gasteiger partial charge is 0.450 e. The van der Waals surface area contributed by atoms with Gasteiger partial charge in [0.2, 0.25) is 5.91 Å². The number of carbonyl (C=O) groups is 2. The second-order valence-electron chi connectivity index (χ2n) is 6.88. The van der Waals surface area contributed by atoms with E-state index in [1.807, 2.05) is 20.8 Å². The monoisotopic (exact) mass is 469 g/mol. The lowest BCUT2D eigenvalue weighted by Crippen LogP contribution is -2.48. The third-order valence-corrected chi connectivity index (χ3v) is 3.73. The van der Waals surface area contributed by atoms with E-state index in [9.17, 15) is 9.59 Å². The first kappa shape index (κ1) is 23.7. The summed E-state index contributed by atoms with van der Waals surface area (Å²) < 4.78 is 4.99. The molecule has 0 unspecified atom stereocenters. The van der Waals surface area contributed by atoms with Gasteiger partial charge in [-0.05, 0) is 19.8 Å².